The van der Waals surface area contributed by atoms with Gasteiger partial charge in [-0.3, -0.25) is 4.79 Å². The summed E-state index contributed by atoms with van der Waals surface area (Å²) in [5.74, 6) is 0.401. The van der Waals surface area contributed by atoms with Gasteiger partial charge in [-0.15, -0.1) is 0 Å². The fourth-order valence-electron chi connectivity index (χ4n) is 0.990. The van der Waals surface area contributed by atoms with Crippen LogP contribution in [0.15, 0.2) is 0 Å². The summed E-state index contributed by atoms with van der Waals surface area (Å²) >= 11 is 0. The molecular weight excluding hydrogens is 166 g/mol. The summed E-state index contributed by atoms with van der Waals surface area (Å²) < 4.78 is 0. The molecule has 0 fully saturated rings. The molecule has 0 radical (unpaired) electrons. The van der Waals surface area contributed by atoms with Gasteiger partial charge < -0.3 is 10.0 Å². The Labute approximate surface area is 80.7 Å². The summed E-state index contributed by atoms with van der Waals surface area (Å²) in [7, 11) is 1.72. The maximum Gasteiger partial charge on any atom is 0.228 e. The maximum absolute atomic E-state index is 11.8. The summed E-state index contributed by atoms with van der Waals surface area (Å²) in [6.45, 7) is 8.38. The Balaban J connectivity index is 4.40. The predicted octanol–water partition coefficient (Wildman–Crippen LogP) is 1.12. The minimum absolute atomic E-state index is 0.0242. The molecule has 13 heavy (non-hydrogen) atoms. The highest BCUT2D eigenvalue weighted by atomic mass is 16.3. The Bertz CT molecular complexity index is 176. The van der Waals surface area contributed by atoms with E-state index in [0.29, 0.717) is 12.5 Å². The van der Waals surface area contributed by atoms with Crippen molar-refractivity contribution in [3.63, 3.8) is 0 Å². The summed E-state index contributed by atoms with van der Waals surface area (Å²) in [6, 6.07) is 0. The Morgan fingerprint density at radius 2 is 1.92 bits per heavy atom. The largest absolute Gasteiger partial charge is 0.395 e. The number of rotatable bonds is 4. The second kappa shape index (κ2) is 4.61. The van der Waals surface area contributed by atoms with Crippen LogP contribution in [-0.2, 0) is 4.79 Å². The normalized spacial score (nSPS) is 11.9. The quantitative estimate of drug-likeness (QED) is 0.716. The zero-order valence-corrected chi connectivity index (χ0v) is 9.29. The van der Waals surface area contributed by atoms with Crippen molar-refractivity contribution in [1.82, 2.24) is 4.90 Å². The van der Waals surface area contributed by atoms with Gasteiger partial charge in [0, 0.05) is 19.0 Å². The second-order valence-electron chi connectivity index (χ2n) is 4.33. The summed E-state index contributed by atoms with van der Waals surface area (Å²) in [5, 5.41) is 8.70. The number of hydrogen-bond acceptors (Lipinski definition) is 2. The second-order valence-corrected chi connectivity index (χ2v) is 4.33. The van der Waals surface area contributed by atoms with E-state index in [2.05, 4.69) is 0 Å². The lowest BCUT2D eigenvalue weighted by atomic mass is 9.80. The molecule has 1 amide bonds. The first-order chi connectivity index (χ1) is 5.84. The van der Waals surface area contributed by atoms with Crippen molar-refractivity contribution in [3.8, 4) is 0 Å². The molecule has 0 spiro atoms. The molecule has 0 aromatic heterocycles. The molecule has 0 aliphatic heterocycles. The first-order valence-electron chi connectivity index (χ1n) is 4.70. The standard InChI is InChI=1S/C10H21NO2/c1-8(2)10(3,4)9(13)11(5)6-7-12/h8,12H,6-7H2,1-5H3. The Hall–Kier alpha value is -0.570. The number of likely N-dealkylation sites (N-methyl/N-ethyl adjacent to an activating group) is 1. The average Bonchev–Trinajstić information content (AvgIpc) is 2.03. The van der Waals surface area contributed by atoms with E-state index >= 15 is 0 Å². The van der Waals surface area contributed by atoms with Crippen molar-refractivity contribution in [2.45, 2.75) is 27.7 Å². The summed E-state index contributed by atoms with van der Waals surface area (Å²) in [4.78, 5) is 13.4. The van der Waals surface area contributed by atoms with Crippen LogP contribution in [0.5, 0.6) is 0 Å². The van der Waals surface area contributed by atoms with Crippen LogP contribution >= 0.6 is 0 Å². The molecule has 0 heterocycles. The smallest absolute Gasteiger partial charge is 0.228 e. The van der Waals surface area contributed by atoms with E-state index in [4.69, 9.17) is 5.11 Å². The molecule has 0 aromatic carbocycles. The van der Waals surface area contributed by atoms with E-state index in [9.17, 15) is 4.79 Å². The van der Waals surface area contributed by atoms with Gasteiger partial charge in [0.1, 0.15) is 0 Å². The van der Waals surface area contributed by atoms with Crippen molar-refractivity contribution in [2.24, 2.45) is 11.3 Å². The summed E-state index contributed by atoms with van der Waals surface area (Å²) in [6.07, 6.45) is 0. The maximum atomic E-state index is 11.8. The van der Waals surface area contributed by atoms with Crippen LogP contribution in [0.1, 0.15) is 27.7 Å². The van der Waals surface area contributed by atoms with Crippen LogP contribution in [0.3, 0.4) is 0 Å². The number of aliphatic hydroxyl groups excluding tert-OH is 1. The highest BCUT2D eigenvalue weighted by molar-refractivity contribution is 5.81. The zero-order chi connectivity index (χ0) is 10.6. The number of hydrogen-bond donors (Lipinski definition) is 1. The third kappa shape index (κ3) is 2.99. The van der Waals surface area contributed by atoms with Crippen LogP contribution in [0, 0.1) is 11.3 Å². The number of nitrogens with zero attached hydrogens (tertiary/aromatic N) is 1. The molecule has 78 valence electrons. The van der Waals surface area contributed by atoms with Gasteiger partial charge in [-0.1, -0.05) is 27.7 Å². The van der Waals surface area contributed by atoms with E-state index in [1.165, 1.54) is 0 Å². The molecule has 0 saturated heterocycles. The molecule has 0 aliphatic carbocycles. The van der Waals surface area contributed by atoms with E-state index < -0.39 is 0 Å². The lowest BCUT2D eigenvalue weighted by molar-refractivity contribution is -0.141. The van der Waals surface area contributed by atoms with Gasteiger partial charge in [0.15, 0.2) is 0 Å². The monoisotopic (exact) mass is 187 g/mol. The summed E-state index contributed by atoms with van der Waals surface area (Å²) in [5.41, 5.74) is -0.343. The van der Waals surface area contributed by atoms with Crippen LogP contribution < -0.4 is 0 Å². The lowest BCUT2D eigenvalue weighted by Crippen LogP contribution is -2.42. The van der Waals surface area contributed by atoms with Gasteiger partial charge >= 0.3 is 0 Å². The van der Waals surface area contributed by atoms with Crippen molar-refractivity contribution < 1.29 is 9.90 Å². The third-order valence-corrected chi connectivity index (χ3v) is 2.78. The molecule has 0 aromatic rings. The molecule has 0 unspecified atom stereocenters. The Kier molecular flexibility index (Phi) is 4.40. The molecule has 0 atom stereocenters. The van der Waals surface area contributed by atoms with E-state index in [0.717, 1.165) is 0 Å². The van der Waals surface area contributed by atoms with E-state index in [1.54, 1.807) is 11.9 Å². The first-order valence-corrected chi connectivity index (χ1v) is 4.70. The fraction of sp³-hybridized carbons (Fsp3) is 0.900. The molecule has 0 aliphatic rings. The minimum Gasteiger partial charge on any atom is -0.395 e. The molecular formula is C10H21NO2. The van der Waals surface area contributed by atoms with Gasteiger partial charge in [-0.05, 0) is 5.92 Å². The van der Waals surface area contributed by atoms with Gasteiger partial charge in [-0.2, -0.15) is 0 Å². The Morgan fingerprint density at radius 3 is 2.23 bits per heavy atom. The van der Waals surface area contributed by atoms with Crippen molar-refractivity contribution in [1.29, 1.82) is 0 Å². The lowest BCUT2D eigenvalue weighted by Gasteiger charge is -2.32. The van der Waals surface area contributed by atoms with Gasteiger partial charge in [0.05, 0.1) is 6.61 Å². The number of amides is 1. The number of carbonyl (C=O) groups excluding carboxylic acids is 1. The Morgan fingerprint density at radius 1 is 1.46 bits per heavy atom. The highest BCUT2D eigenvalue weighted by Crippen LogP contribution is 2.27. The van der Waals surface area contributed by atoms with Crippen LogP contribution in [0.2, 0.25) is 0 Å². The van der Waals surface area contributed by atoms with Crippen LogP contribution in [-0.4, -0.2) is 36.1 Å². The topological polar surface area (TPSA) is 40.5 Å². The number of aliphatic hydroxyl groups is 1. The van der Waals surface area contributed by atoms with Gasteiger partial charge in [0.2, 0.25) is 5.91 Å². The van der Waals surface area contributed by atoms with Crippen LogP contribution in [0.25, 0.3) is 0 Å². The fourth-order valence-corrected chi connectivity index (χ4v) is 0.990. The average molecular weight is 187 g/mol. The van der Waals surface area contributed by atoms with Gasteiger partial charge in [-0.25, -0.2) is 0 Å². The molecule has 3 heteroatoms. The SMILES string of the molecule is CC(C)C(C)(C)C(=O)N(C)CCO. The van der Waals surface area contributed by atoms with E-state index in [1.807, 2.05) is 27.7 Å². The van der Waals surface area contributed by atoms with E-state index in [-0.39, 0.29) is 17.9 Å². The van der Waals surface area contributed by atoms with Crippen molar-refractivity contribution in [2.75, 3.05) is 20.2 Å². The molecule has 3 nitrogen and oxygen atoms in total. The van der Waals surface area contributed by atoms with Crippen molar-refractivity contribution in [3.05, 3.63) is 0 Å². The molecule has 0 saturated carbocycles. The first kappa shape index (κ1) is 12.4. The zero-order valence-electron chi connectivity index (χ0n) is 9.29. The number of carbonyl (C=O) groups is 1. The van der Waals surface area contributed by atoms with Gasteiger partial charge in [0.25, 0.3) is 0 Å². The minimum atomic E-state index is -0.343. The molecule has 1 N–H and O–H groups in total. The third-order valence-electron chi connectivity index (χ3n) is 2.78. The highest BCUT2D eigenvalue weighted by Gasteiger charge is 2.33. The predicted molar refractivity (Wildman–Crippen MR) is 53.3 cm³/mol. The molecule has 0 rings (SSSR count). The van der Waals surface area contributed by atoms with Crippen molar-refractivity contribution >= 4 is 5.91 Å². The molecule has 0 bridgehead atoms. The van der Waals surface area contributed by atoms with Crippen LogP contribution in [0.4, 0.5) is 0 Å².